The van der Waals surface area contributed by atoms with Gasteiger partial charge in [0, 0.05) is 39.3 Å². The van der Waals surface area contributed by atoms with Crippen molar-refractivity contribution in [2.24, 2.45) is 0 Å². The maximum atomic E-state index is 6.03. The Balaban J connectivity index is 2.10. The second-order valence-electron chi connectivity index (χ2n) is 4.32. The van der Waals surface area contributed by atoms with Crippen LogP contribution in [0.4, 0.5) is 0 Å². The summed E-state index contributed by atoms with van der Waals surface area (Å²) in [6.45, 7) is 1.98. The first kappa shape index (κ1) is 12.3. The van der Waals surface area contributed by atoms with Crippen molar-refractivity contribution in [2.75, 3.05) is 0 Å². The highest BCUT2D eigenvalue weighted by atomic mass is 35.5. The second-order valence-corrected chi connectivity index (χ2v) is 5.19. The average molecular weight is 292 g/mol. The molecule has 0 unspecified atom stereocenters. The molecule has 3 aromatic rings. The lowest BCUT2D eigenvalue weighted by molar-refractivity contribution is 1.26. The van der Waals surface area contributed by atoms with Crippen molar-refractivity contribution in [2.45, 2.75) is 6.92 Å². The van der Waals surface area contributed by atoms with Gasteiger partial charge in [-0.1, -0.05) is 23.2 Å². The van der Waals surface area contributed by atoms with Crippen LogP contribution in [0.2, 0.25) is 10.0 Å². The van der Waals surface area contributed by atoms with Crippen molar-refractivity contribution < 1.29 is 0 Å². The molecule has 0 radical (unpaired) electrons. The first-order chi connectivity index (χ1) is 9.13. The highest BCUT2D eigenvalue weighted by Gasteiger charge is 2.11. The highest BCUT2D eigenvalue weighted by Crippen LogP contribution is 2.29. The van der Waals surface area contributed by atoms with Gasteiger partial charge in [-0.3, -0.25) is 0 Å². The molecule has 0 aliphatic carbocycles. The van der Waals surface area contributed by atoms with E-state index in [1.807, 2.05) is 37.5 Å². The Labute approximate surface area is 120 Å². The number of hydrogen-bond donors (Lipinski definition) is 2. The third kappa shape index (κ3) is 2.39. The van der Waals surface area contributed by atoms with Crippen molar-refractivity contribution in [1.29, 1.82) is 0 Å². The van der Waals surface area contributed by atoms with Gasteiger partial charge in [-0.15, -0.1) is 0 Å². The fourth-order valence-corrected chi connectivity index (χ4v) is 2.57. The Hall–Kier alpha value is -1.71. The molecule has 2 N–H and O–H groups in total. The van der Waals surface area contributed by atoms with E-state index >= 15 is 0 Å². The van der Waals surface area contributed by atoms with Crippen LogP contribution in [0.3, 0.4) is 0 Å². The third-order valence-electron chi connectivity index (χ3n) is 2.89. The smallest absolute Gasteiger partial charge is 0.139 e. The molecule has 1 aromatic carbocycles. The molecule has 2 heterocycles. The van der Waals surface area contributed by atoms with Gasteiger partial charge < -0.3 is 9.97 Å². The molecule has 0 bridgehead atoms. The van der Waals surface area contributed by atoms with Crippen molar-refractivity contribution in [3.8, 4) is 22.6 Å². The Bertz CT molecular complexity index is 694. The number of aromatic amines is 2. The predicted molar refractivity (Wildman–Crippen MR) is 78.6 cm³/mol. The minimum atomic E-state index is 0.605. The summed E-state index contributed by atoms with van der Waals surface area (Å²) in [7, 11) is 0. The molecule has 0 aliphatic rings. The van der Waals surface area contributed by atoms with Crippen molar-refractivity contribution in [1.82, 2.24) is 15.0 Å². The normalized spacial score (nSPS) is 10.9. The first-order valence-electron chi connectivity index (χ1n) is 5.80. The van der Waals surface area contributed by atoms with Gasteiger partial charge in [0.2, 0.25) is 0 Å². The van der Waals surface area contributed by atoms with Crippen LogP contribution in [-0.4, -0.2) is 15.0 Å². The summed E-state index contributed by atoms with van der Waals surface area (Å²) in [4.78, 5) is 10.9. The number of aromatic nitrogens is 3. The first-order valence-corrected chi connectivity index (χ1v) is 6.55. The molecule has 0 saturated carbocycles. The molecule has 0 atom stereocenters. The van der Waals surface area contributed by atoms with E-state index in [-0.39, 0.29) is 0 Å². The maximum Gasteiger partial charge on any atom is 0.139 e. The average Bonchev–Trinajstić information content (AvgIpc) is 2.95. The van der Waals surface area contributed by atoms with Gasteiger partial charge in [0.05, 0.1) is 5.69 Å². The van der Waals surface area contributed by atoms with E-state index in [9.17, 15) is 0 Å². The number of halogens is 2. The summed E-state index contributed by atoms with van der Waals surface area (Å²) in [5, 5.41) is 1.21. The van der Waals surface area contributed by atoms with Gasteiger partial charge in [0.1, 0.15) is 5.82 Å². The van der Waals surface area contributed by atoms with E-state index in [4.69, 9.17) is 23.2 Å². The fraction of sp³-hybridized carbons (Fsp3) is 0.0714. The molecular formula is C14H11Cl2N3. The summed E-state index contributed by atoms with van der Waals surface area (Å²) in [5.41, 5.74) is 3.77. The van der Waals surface area contributed by atoms with Crippen molar-refractivity contribution >= 4 is 23.2 Å². The predicted octanol–water partition coefficient (Wildman–Crippen LogP) is 4.69. The molecule has 2 aromatic heterocycles. The number of rotatable bonds is 2. The SMILES string of the molecule is Cc1[nH]c(-c2cc[nH]c2)nc1-c1cc(Cl)cc(Cl)c1. The van der Waals surface area contributed by atoms with E-state index in [0.29, 0.717) is 10.0 Å². The lowest BCUT2D eigenvalue weighted by Crippen LogP contribution is -1.82. The molecule has 0 amide bonds. The number of nitrogens with one attached hydrogen (secondary N) is 2. The van der Waals surface area contributed by atoms with Crippen LogP contribution in [0.15, 0.2) is 36.7 Å². The van der Waals surface area contributed by atoms with Crippen molar-refractivity contribution in [3.63, 3.8) is 0 Å². The zero-order valence-corrected chi connectivity index (χ0v) is 11.7. The third-order valence-corrected chi connectivity index (χ3v) is 3.33. The Morgan fingerprint density at radius 2 is 1.79 bits per heavy atom. The van der Waals surface area contributed by atoms with Gasteiger partial charge in [-0.2, -0.15) is 0 Å². The van der Waals surface area contributed by atoms with Crippen LogP contribution < -0.4 is 0 Å². The molecule has 0 aliphatic heterocycles. The largest absolute Gasteiger partial charge is 0.367 e. The van der Waals surface area contributed by atoms with Gasteiger partial charge in [0.15, 0.2) is 0 Å². The van der Waals surface area contributed by atoms with Crippen LogP contribution >= 0.6 is 23.2 Å². The van der Waals surface area contributed by atoms with Gasteiger partial charge in [-0.05, 0) is 31.2 Å². The zero-order valence-electron chi connectivity index (χ0n) is 10.2. The Morgan fingerprint density at radius 1 is 1.05 bits per heavy atom. The van der Waals surface area contributed by atoms with E-state index in [0.717, 1.165) is 28.3 Å². The lowest BCUT2D eigenvalue weighted by Gasteiger charge is -2.00. The number of nitrogens with zero attached hydrogens (tertiary/aromatic N) is 1. The van der Waals surface area contributed by atoms with E-state index < -0.39 is 0 Å². The van der Waals surface area contributed by atoms with Crippen LogP contribution in [0.25, 0.3) is 22.6 Å². The molecular weight excluding hydrogens is 281 g/mol. The summed E-state index contributed by atoms with van der Waals surface area (Å²) in [5.74, 6) is 0.824. The van der Waals surface area contributed by atoms with Crippen LogP contribution in [0.1, 0.15) is 5.69 Å². The maximum absolute atomic E-state index is 6.03. The highest BCUT2D eigenvalue weighted by molar-refractivity contribution is 6.35. The summed E-state index contributed by atoms with van der Waals surface area (Å²) in [6, 6.07) is 7.39. The molecule has 0 spiro atoms. The fourth-order valence-electron chi connectivity index (χ4n) is 2.04. The number of imidazole rings is 1. The number of aryl methyl sites for hydroxylation is 1. The molecule has 3 nitrogen and oxygen atoms in total. The monoisotopic (exact) mass is 291 g/mol. The quantitative estimate of drug-likeness (QED) is 0.707. The molecule has 96 valence electrons. The van der Waals surface area contributed by atoms with E-state index in [1.54, 1.807) is 6.07 Å². The molecule has 5 heteroatoms. The molecule has 0 fully saturated rings. The van der Waals surface area contributed by atoms with Gasteiger partial charge in [-0.25, -0.2) is 4.98 Å². The Kier molecular flexibility index (Phi) is 3.09. The second kappa shape index (κ2) is 4.76. The van der Waals surface area contributed by atoms with Crippen molar-refractivity contribution in [3.05, 3.63) is 52.4 Å². The standard InChI is InChI=1S/C14H11Cl2N3/c1-8-13(10-4-11(15)6-12(16)5-10)19-14(18-8)9-2-3-17-7-9/h2-7,17H,1H3,(H,18,19). The Morgan fingerprint density at radius 3 is 2.42 bits per heavy atom. The zero-order chi connectivity index (χ0) is 13.4. The number of benzene rings is 1. The summed E-state index contributed by atoms with van der Waals surface area (Å²) in [6.07, 6.45) is 3.76. The van der Waals surface area contributed by atoms with Gasteiger partial charge >= 0.3 is 0 Å². The molecule has 0 saturated heterocycles. The van der Waals surface area contributed by atoms with Crippen LogP contribution in [0.5, 0.6) is 0 Å². The minimum Gasteiger partial charge on any atom is -0.367 e. The summed E-state index contributed by atoms with van der Waals surface area (Å²) >= 11 is 12.1. The summed E-state index contributed by atoms with van der Waals surface area (Å²) < 4.78 is 0. The number of H-pyrrole nitrogens is 2. The molecule has 3 rings (SSSR count). The van der Waals surface area contributed by atoms with Crippen LogP contribution in [-0.2, 0) is 0 Å². The molecule has 19 heavy (non-hydrogen) atoms. The topological polar surface area (TPSA) is 44.5 Å². The number of hydrogen-bond acceptors (Lipinski definition) is 1. The van der Waals surface area contributed by atoms with Crippen LogP contribution in [0, 0.1) is 6.92 Å². The van der Waals surface area contributed by atoms with Gasteiger partial charge in [0.25, 0.3) is 0 Å². The minimum absolute atomic E-state index is 0.605. The van der Waals surface area contributed by atoms with E-state index in [1.165, 1.54) is 0 Å². The van der Waals surface area contributed by atoms with E-state index in [2.05, 4.69) is 15.0 Å². The lowest BCUT2D eigenvalue weighted by atomic mass is 10.1.